The third kappa shape index (κ3) is 2.71. The van der Waals surface area contributed by atoms with E-state index in [0.29, 0.717) is 11.4 Å². The number of thiazole rings is 1. The minimum Gasteiger partial charge on any atom is -0.422 e. The van der Waals surface area contributed by atoms with Crippen LogP contribution in [0, 0.1) is 20.8 Å². The fraction of sp³-hybridized carbons (Fsp3) is 0.231. The predicted molar refractivity (Wildman–Crippen MR) is 67.7 cm³/mol. The van der Waals surface area contributed by atoms with Crippen LogP contribution >= 0.6 is 11.3 Å². The maximum absolute atomic E-state index is 11.8. The van der Waals surface area contributed by atoms with Gasteiger partial charge in [0, 0.05) is 5.38 Å². The molecule has 0 aliphatic heterocycles. The Balaban J connectivity index is 2.18. The molecule has 1 aromatic heterocycles. The second-order valence-electron chi connectivity index (χ2n) is 3.91. The maximum atomic E-state index is 11.8. The van der Waals surface area contributed by atoms with Crippen LogP contribution in [0.15, 0.2) is 23.6 Å². The lowest BCUT2D eigenvalue weighted by atomic mass is 10.1. The van der Waals surface area contributed by atoms with Crippen molar-refractivity contribution in [3.63, 3.8) is 0 Å². The Labute approximate surface area is 104 Å². The van der Waals surface area contributed by atoms with Crippen molar-refractivity contribution in [1.29, 1.82) is 0 Å². The third-order valence-electron chi connectivity index (χ3n) is 2.36. The Morgan fingerprint density at radius 2 is 2.06 bits per heavy atom. The standard InChI is InChI=1S/C13H13NO2S/c1-8-4-5-12(9(2)6-8)16-13(15)11-7-17-10(3)14-11/h4-7H,1-3H3. The van der Waals surface area contributed by atoms with Crippen LogP contribution in [-0.2, 0) is 0 Å². The first-order chi connectivity index (χ1) is 8.06. The zero-order chi connectivity index (χ0) is 12.4. The number of carbonyl (C=O) groups excluding carboxylic acids is 1. The molecule has 0 aliphatic carbocycles. The van der Waals surface area contributed by atoms with Crippen molar-refractivity contribution in [3.05, 3.63) is 45.4 Å². The topological polar surface area (TPSA) is 39.2 Å². The zero-order valence-electron chi connectivity index (χ0n) is 9.98. The first-order valence-electron chi connectivity index (χ1n) is 5.28. The number of benzene rings is 1. The van der Waals surface area contributed by atoms with Gasteiger partial charge in [-0.05, 0) is 32.4 Å². The number of aryl methyl sites for hydroxylation is 3. The van der Waals surface area contributed by atoms with Crippen molar-refractivity contribution in [3.8, 4) is 5.75 Å². The summed E-state index contributed by atoms with van der Waals surface area (Å²) in [6.45, 7) is 5.78. The van der Waals surface area contributed by atoms with Gasteiger partial charge in [-0.2, -0.15) is 0 Å². The molecule has 88 valence electrons. The van der Waals surface area contributed by atoms with Gasteiger partial charge in [-0.25, -0.2) is 9.78 Å². The Morgan fingerprint density at radius 3 is 2.65 bits per heavy atom. The van der Waals surface area contributed by atoms with Gasteiger partial charge in [0.15, 0.2) is 5.69 Å². The van der Waals surface area contributed by atoms with Gasteiger partial charge < -0.3 is 4.74 Å². The maximum Gasteiger partial charge on any atom is 0.363 e. The average molecular weight is 247 g/mol. The monoisotopic (exact) mass is 247 g/mol. The zero-order valence-corrected chi connectivity index (χ0v) is 10.8. The van der Waals surface area contributed by atoms with Crippen LogP contribution in [0.2, 0.25) is 0 Å². The molecule has 0 saturated carbocycles. The van der Waals surface area contributed by atoms with E-state index in [-0.39, 0.29) is 0 Å². The van der Waals surface area contributed by atoms with E-state index in [1.807, 2.05) is 39.0 Å². The smallest absolute Gasteiger partial charge is 0.363 e. The third-order valence-corrected chi connectivity index (χ3v) is 3.13. The van der Waals surface area contributed by atoms with Crippen LogP contribution in [0.4, 0.5) is 0 Å². The highest BCUT2D eigenvalue weighted by atomic mass is 32.1. The van der Waals surface area contributed by atoms with E-state index in [1.165, 1.54) is 11.3 Å². The summed E-state index contributed by atoms with van der Waals surface area (Å²) in [6.07, 6.45) is 0. The van der Waals surface area contributed by atoms with Gasteiger partial charge in [0.25, 0.3) is 0 Å². The van der Waals surface area contributed by atoms with Gasteiger partial charge in [0.05, 0.1) is 5.01 Å². The molecule has 1 heterocycles. The first kappa shape index (κ1) is 11.8. The van der Waals surface area contributed by atoms with Gasteiger partial charge in [0.2, 0.25) is 0 Å². The van der Waals surface area contributed by atoms with Crippen molar-refractivity contribution >= 4 is 17.3 Å². The van der Waals surface area contributed by atoms with E-state index in [1.54, 1.807) is 5.38 Å². The number of hydrogen-bond acceptors (Lipinski definition) is 4. The summed E-state index contributed by atoms with van der Waals surface area (Å²) in [5.41, 5.74) is 2.46. The number of rotatable bonds is 2. The summed E-state index contributed by atoms with van der Waals surface area (Å²) in [6, 6.07) is 5.71. The molecule has 1 aromatic carbocycles. The first-order valence-corrected chi connectivity index (χ1v) is 6.16. The fourth-order valence-electron chi connectivity index (χ4n) is 1.52. The molecule has 0 aliphatic rings. The number of aromatic nitrogens is 1. The molecule has 0 saturated heterocycles. The summed E-state index contributed by atoms with van der Waals surface area (Å²) in [7, 11) is 0. The number of hydrogen-bond donors (Lipinski definition) is 0. The molecule has 2 rings (SSSR count). The van der Waals surface area contributed by atoms with Crippen molar-refractivity contribution in [1.82, 2.24) is 4.98 Å². The van der Waals surface area contributed by atoms with Crippen LogP contribution in [0.1, 0.15) is 26.6 Å². The highest BCUT2D eigenvalue weighted by Crippen LogP contribution is 2.20. The lowest BCUT2D eigenvalue weighted by Gasteiger charge is -2.06. The number of carbonyl (C=O) groups is 1. The van der Waals surface area contributed by atoms with E-state index in [2.05, 4.69) is 4.98 Å². The van der Waals surface area contributed by atoms with Gasteiger partial charge in [-0.15, -0.1) is 11.3 Å². The molecule has 0 N–H and O–H groups in total. The molecule has 0 radical (unpaired) electrons. The van der Waals surface area contributed by atoms with Crippen molar-refractivity contribution in [2.75, 3.05) is 0 Å². The minimum absolute atomic E-state index is 0.368. The molecule has 0 atom stereocenters. The quantitative estimate of drug-likeness (QED) is 0.604. The van der Waals surface area contributed by atoms with E-state index in [9.17, 15) is 4.79 Å². The van der Waals surface area contributed by atoms with Crippen molar-refractivity contribution in [2.45, 2.75) is 20.8 Å². The Bertz CT molecular complexity index is 560. The number of nitrogens with zero attached hydrogens (tertiary/aromatic N) is 1. The summed E-state index contributed by atoms with van der Waals surface area (Å²) in [4.78, 5) is 15.9. The summed E-state index contributed by atoms with van der Waals surface area (Å²) in [5, 5.41) is 2.57. The van der Waals surface area contributed by atoms with Gasteiger partial charge in [-0.1, -0.05) is 17.7 Å². The molecule has 17 heavy (non-hydrogen) atoms. The molecular weight excluding hydrogens is 234 g/mol. The van der Waals surface area contributed by atoms with Crippen molar-refractivity contribution < 1.29 is 9.53 Å². The van der Waals surface area contributed by atoms with Gasteiger partial charge in [-0.3, -0.25) is 0 Å². The summed E-state index contributed by atoms with van der Waals surface area (Å²) in [5.74, 6) is 0.188. The molecule has 0 fully saturated rings. The van der Waals surface area contributed by atoms with Crippen LogP contribution in [0.5, 0.6) is 5.75 Å². The Kier molecular flexibility index (Phi) is 3.24. The van der Waals surface area contributed by atoms with Crippen LogP contribution in [-0.4, -0.2) is 11.0 Å². The summed E-state index contributed by atoms with van der Waals surface area (Å²) >= 11 is 1.44. The van der Waals surface area contributed by atoms with E-state index < -0.39 is 5.97 Å². The van der Waals surface area contributed by atoms with Gasteiger partial charge in [0.1, 0.15) is 5.75 Å². The lowest BCUT2D eigenvalue weighted by Crippen LogP contribution is -2.09. The highest BCUT2D eigenvalue weighted by Gasteiger charge is 2.13. The second kappa shape index (κ2) is 4.67. The SMILES string of the molecule is Cc1ccc(OC(=O)c2csc(C)n2)c(C)c1. The highest BCUT2D eigenvalue weighted by molar-refractivity contribution is 7.09. The van der Waals surface area contributed by atoms with Crippen LogP contribution in [0.25, 0.3) is 0 Å². The number of ether oxygens (including phenoxy) is 1. The van der Waals surface area contributed by atoms with Crippen LogP contribution < -0.4 is 4.74 Å². The van der Waals surface area contributed by atoms with E-state index >= 15 is 0 Å². The van der Waals surface area contributed by atoms with Crippen molar-refractivity contribution in [2.24, 2.45) is 0 Å². The molecule has 4 heteroatoms. The summed E-state index contributed by atoms with van der Waals surface area (Å²) < 4.78 is 5.30. The second-order valence-corrected chi connectivity index (χ2v) is 4.97. The molecule has 0 spiro atoms. The number of esters is 1. The molecular formula is C13H13NO2S. The average Bonchev–Trinajstić information content (AvgIpc) is 2.69. The predicted octanol–water partition coefficient (Wildman–Crippen LogP) is 3.29. The molecule has 0 unspecified atom stereocenters. The normalized spacial score (nSPS) is 10.3. The molecule has 2 aromatic rings. The molecule has 0 amide bonds. The largest absolute Gasteiger partial charge is 0.422 e. The minimum atomic E-state index is -0.402. The Hall–Kier alpha value is -1.68. The van der Waals surface area contributed by atoms with E-state index in [0.717, 1.165) is 16.1 Å². The van der Waals surface area contributed by atoms with Gasteiger partial charge >= 0.3 is 5.97 Å². The molecule has 3 nitrogen and oxygen atoms in total. The molecule has 0 bridgehead atoms. The fourth-order valence-corrected chi connectivity index (χ4v) is 2.11. The lowest BCUT2D eigenvalue weighted by molar-refractivity contribution is 0.0728. The van der Waals surface area contributed by atoms with Crippen LogP contribution in [0.3, 0.4) is 0 Å². The Morgan fingerprint density at radius 1 is 1.29 bits per heavy atom. The van der Waals surface area contributed by atoms with E-state index in [4.69, 9.17) is 4.74 Å².